The standard InChI is InChI=1S/C9H19NOS2/c1-2-8-12-13-9-5-10-3-6-11-7-4-10/h2-9H2,1H3. The third-order valence-corrected chi connectivity index (χ3v) is 4.56. The van der Waals surface area contributed by atoms with Gasteiger partial charge < -0.3 is 4.74 Å². The summed E-state index contributed by atoms with van der Waals surface area (Å²) in [5, 5.41) is 0. The molecule has 0 aromatic carbocycles. The number of rotatable bonds is 6. The average molecular weight is 221 g/mol. The molecule has 0 saturated carbocycles. The largest absolute Gasteiger partial charge is 0.379 e. The third kappa shape index (κ3) is 5.83. The zero-order valence-corrected chi connectivity index (χ0v) is 9.96. The van der Waals surface area contributed by atoms with Gasteiger partial charge in [0, 0.05) is 31.1 Å². The lowest BCUT2D eigenvalue weighted by Gasteiger charge is -2.26. The quantitative estimate of drug-likeness (QED) is 0.503. The van der Waals surface area contributed by atoms with Gasteiger partial charge in [-0.3, -0.25) is 4.90 Å². The fraction of sp³-hybridized carbons (Fsp3) is 1.00. The van der Waals surface area contributed by atoms with E-state index < -0.39 is 0 Å². The number of nitrogens with zero attached hydrogens (tertiary/aromatic N) is 1. The van der Waals surface area contributed by atoms with Crippen LogP contribution in [-0.2, 0) is 4.74 Å². The highest BCUT2D eigenvalue weighted by Gasteiger charge is 2.08. The van der Waals surface area contributed by atoms with Crippen molar-refractivity contribution in [1.29, 1.82) is 0 Å². The summed E-state index contributed by atoms with van der Waals surface area (Å²) in [4.78, 5) is 2.49. The fourth-order valence-corrected chi connectivity index (χ4v) is 3.36. The molecule has 4 heteroatoms. The van der Waals surface area contributed by atoms with Crippen molar-refractivity contribution in [2.45, 2.75) is 13.3 Å². The molecular formula is C9H19NOS2. The molecule has 1 saturated heterocycles. The highest BCUT2D eigenvalue weighted by molar-refractivity contribution is 8.76. The van der Waals surface area contributed by atoms with Crippen LogP contribution < -0.4 is 0 Å². The molecule has 0 aromatic rings. The molecule has 1 heterocycles. The van der Waals surface area contributed by atoms with E-state index in [4.69, 9.17) is 4.74 Å². The second kappa shape index (κ2) is 7.97. The summed E-state index contributed by atoms with van der Waals surface area (Å²) < 4.78 is 5.29. The molecule has 0 atom stereocenters. The van der Waals surface area contributed by atoms with Gasteiger partial charge in [-0.15, -0.1) is 0 Å². The normalized spacial score (nSPS) is 19.2. The predicted molar refractivity (Wildman–Crippen MR) is 62.5 cm³/mol. The van der Waals surface area contributed by atoms with Gasteiger partial charge in [-0.1, -0.05) is 28.5 Å². The molecule has 1 aliphatic rings. The van der Waals surface area contributed by atoms with Crippen LogP contribution in [0.3, 0.4) is 0 Å². The first-order chi connectivity index (χ1) is 6.43. The molecule has 0 unspecified atom stereocenters. The number of hydrogen-bond donors (Lipinski definition) is 0. The van der Waals surface area contributed by atoms with Crippen molar-refractivity contribution in [3.8, 4) is 0 Å². The first kappa shape index (κ1) is 11.7. The van der Waals surface area contributed by atoms with E-state index in [-0.39, 0.29) is 0 Å². The van der Waals surface area contributed by atoms with E-state index in [0.29, 0.717) is 0 Å². The Morgan fingerprint density at radius 2 is 1.85 bits per heavy atom. The Balaban J connectivity index is 1.86. The maximum atomic E-state index is 5.29. The van der Waals surface area contributed by atoms with E-state index in [9.17, 15) is 0 Å². The molecule has 13 heavy (non-hydrogen) atoms. The van der Waals surface area contributed by atoms with Crippen molar-refractivity contribution in [1.82, 2.24) is 4.90 Å². The highest BCUT2D eigenvalue weighted by Crippen LogP contribution is 2.21. The highest BCUT2D eigenvalue weighted by atomic mass is 33.1. The maximum Gasteiger partial charge on any atom is 0.0594 e. The number of hydrogen-bond acceptors (Lipinski definition) is 4. The van der Waals surface area contributed by atoms with Crippen LogP contribution in [0.15, 0.2) is 0 Å². The molecule has 0 aromatic heterocycles. The minimum Gasteiger partial charge on any atom is -0.379 e. The van der Waals surface area contributed by atoms with Crippen LogP contribution in [-0.4, -0.2) is 49.3 Å². The van der Waals surface area contributed by atoms with Gasteiger partial charge in [0.1, 0.15) is 0 Å². The van der Waals surface area contributed by atoms with E-state index in [0.717, 1.165) is 26.3 Å². The van der Waals surface area contributed by atoms with Crippen molar-refractivity contribution in [2.24, 2.45) is 0 Å². The molecule has 0 aliphatic carbocycles. The topological polar surface area (TPSA) is 12.5 Å². The van der Waals surface area contributed by atoms with E-state index in [1.807, 2.05) is 21.6 Å². The van der Waals surface area contributed by atoms with Crippen LogP contribution in [0.1, 0.15) is 13.3 Å². The zero-order valence-electron chi connectivity index (χ0n) is 8.33. The molecule has 0 spiro atoms. The molecule has 78 valence electrons. The van der Waals surface area contributed by atoms with Crippen LogP contribution in [0.4, 0.5) is 0 Å². The van der Waals surface area contributed by atoms with Gasteiger partial charge in [0.2, 0.25) is 0 Å². The molecule has 0 amide bonds. The van der Waals surface area contributed by atoms with E-state index in [1.54, 1.807) is 0 Å². The van der Waals surface area contributed by atoms with Crippen LogP contribution in [0.2, 0.25) is 0 Å². The molecule has 1 aliphatic heterocycles. The summed E-state index contributed by atoms with van der Waals surface area (Å²) in [6, 6.07) is 0. The lowest BCUT2D eigenvalue weighted by atomic mass is 10.4. The average Bonchev–Trinajstić information content (AvgIpc) is 2.19. The van der Waals surface area contributed by atoms with Gasteiger partial charge >= 0.3 is 0 Å². The van der Waals surface area contributed by atoms with Crippen molar-refractivity contribution >= 4 is 21.6 Å². The van der Waals surface area contributed by atoms with Crippen molar-refractivity contribution in [2.75, 3.05) is 44.4 Å². The maximum absolute atomic E-state index is 5.29. The fourth-order valence-electron chi connectivity index (χ4n) is 1.19. The Kier molecular flexibility index (Phi) is 7.17. The minimum atomic E-state index is 0.923. The molecule has 0 radical (unpaired) electrons. The predicted octanol–water partition coefficient (Wildman–Crippen LogP) is 2.11. The first-order valence-corrected chi connectivity index (χ1v) is 7.47. The Bertz CT molecular complexity index is 118. The first-order valence-electron chi connectivity index (χ1n) is 4.98. The van der Waals surface area contributed by atoms with Gasteiger partial charge in [-0.05, 0) is 6.42 Å². The van der Waals surface area contributed by atoms with E-state index >= 15 is 0 Å². The van der Waals surface area contributed by atoms with Crippen molar-refractivity contribution in [3.05, 3.63) is 0 Å². The number of ether oxygens (including phenoxy) is 1. The van der Waals surface area contributed by atoms with Gasteiger partial charge in [0.15, 0.2) is 0 Å². The molecule has 1 rings (SSSR count). The summed E-state index contributed by atoms with van der Waals surface area (Å²) in [7, 11) is 4.01. The van der Waals surface area contributed by atoms with Gasteiger partial charge in [-0.25, -0.2) is 0 Å². The van der Waals surface area contributed by atoms with Gasteiger partial charge in [-0.2, -0.15) is 0 Å². The second-order valence-corrected chi connectivity index (χ2v) is 5.80. The van der Waals surface area contributed by atoms with Crippen LogP contribution in [0.25, 0.3) is 0 Å². The molecule has 0 N–H and O–H groups in total. The third-order valence-electron chi connectivity index (χ3n) is 1.97. The van der Waals surface area contributed by atoms with Crippen LogP contribution in [0, 0.1) is 0 Å². The van der Waals surface area contributed by atoms with Crippen LogP contribution >= 0.6 is 21.6 Å². The van der Waals surface area contributed by atoms with Gasteiger partial charge in [0.05, 0.1) is 13.2 Å². The summed E-state index contributed by atoms with van der Waals surface area (Å²) in [5.41, 5.74) is 0. The molecule has 0 bridgehead atoms. The lowest BCUT2D eigenvalue weighted by molar-refractivity contribution is 0.0410. The molecule has 2 nitrogen and oxygen atoms in total. The Labute approximate surface area is 89.2 Å². The zero-order chi connectivity index (χ0) is 9.36. The monoisotopic (exact) mass is 221 g/mol. The summed E-state index contributed by atoms with van der Waals surface area (Å²) in [5.74, 6) is 2.54. The summed E-state index contributed by atoms with van der Waals surface area (Å²) in [6.45, 7) is 7.55. The van der Waals surface area contributed by atoms with E-state index in [2.05, 4.69) is 11.8 Å². The Morgan fingerprint density at radius 3 is 2.54 bits per heavy atom. The summed E-state index contributed by atoms with van der Waals surface area (Å²) in [6.07, 6.45) is 1.29. The second-order valence-electron chi connectivity index (χ2n) is 3.10. The van der Waals surface area contributed by atoms with Crippen molar-refractivity contribution in [3.63, 3.8) is 0 Å². The Hall–Kier alpha value is 0.620. The van der Waals surface area contributed by atoms with Gasteiger partial charge in [0.25, 0.3) is 0 Å². The molecule has 1 fully saturated rings. The van der Waals surface area contributed by atoms with E-state index in [1.165, 1.54) is 24.5 Å². The SMILES string of the molecule is CCCSSCCN1CCOCC1. The van der Waals surface area contributed by atoms with Crippen molar-refractivity contribution < 1.29 is 4.74 Å². The minimum absolute atomic E-state index is 0.923. The van der Waals surface area contributed by atoms with Crippen LogP contribution in [0.5, 0.6) is 0 Å². The summed E-state index contributed by atoms with van der Waals surface area (Å²) >= 11 is 0. The molecular weight excluding hydrogens is 202 g/mol. The lowest BCUT2D eigenvalue weighted by Crippen LogP contribution is -2.37. The number of morpholine rings is 1. The Morgan fingerprint density at radius 1 is 1.15 bits per heavy atom. The smallest absolute Gasteiger partial charge is 0.0594 e.